The van der Waals surface area contributed by atoms with E-state index in [4.69, 9.17) is 14.2 Å². The molecule has 0 saturated carbocycles. The summed E-state index contributed by atoms with van der Waals surface area (Å²) in [5.74, 6) is 0.862. The monoisotopic (exact) mass is 295 g/mol. The first-order valence-corrected chi connectivity index (χ1v) is 7.45. The molecule has 1 heterocycles. The molecule has 1 aromatic rings. The molecular weight excluding hydrogens is 270 g/mol. The molecule has 5 heteroatoms. The van der Waals surface area contributed by atoms with Gasteiger partial charge in [-0.05, 0) is 43.5 Å². The molecule has 2 N–H and O–H groups in total. The molecule has 1 aliphatic heterocycles. The Balaban J connectivity index is 1.65. The molecule has 0 radical (unpaired) electrons. The van der Waals surface area contributed by atoms with Gasteiger partial charge in [0.15, 0.2) is 0 Å². The van der Waals surface area contributed by atoms with Gasteiger partial charge in [-0.3, -0.25) is 0 Å². The standard InChI is InChI=1S/C16H25NO4/c1-12-8-13(5-6-16(12)19-2)17-9-14(18)10-20-11-15-4-3-7-21-15/h5-6,8,14-15,17-18H,3-4,7,9-11H2,1-2H3. The van der Waals surface area contributed by atoms with Gasteiger partial charge in [-0.1, -0.05) is 0 Å². The fourth-order valence-electron chi connectivity index (χ4n) is 2.39. The van der Waals surface area contributed by atoms with Crippen molar-refractivity contribution in [2.45, 2.75) is 32.0 Å². The second-order valence-corrected chi connectivity index (χ2v) is 5.39. The van der Waals surface area contributed by atoms with Crippen molar-refractivity contribution in [3.63, 3.8) is 0 Å². The van der Waals surface area contributed by atoms with E-state index >= 15 is 0 Å². The maximum Gasteiger partial charge on any atom is 0.121 e. The van der Waals surface area contributed by atoms with Crippen LogP contribution in [0.1, 0.15) is 18.4 Å². The number of rotatable bonds is 8. The van der Waals surface area contributed by atoms with Crippen molar-refractivity contribution in [3.05, 3.63) is 23.8 Å². The average molecular weight is 295 g/mol. The molecule has 21 heavy (non-hydrogen) atoms. The fraction of sp³-hybridized carbons (Fsp3) is 0.625. The zero-order valence-corrected chi connectivity index (χ0v) is 12.8. The molecule has 0 aromatic heterocycles. The summed E-state index contributed by atoms with van der Waals surface area (Å²) in [6.07, 6.45) is 1.83. The number of aryl methyl sites for hydroxylation is 1. The molecule has 118 valence electrons. The Morgan fingerprint density at radius 2 is 2.33 bits per heavy atom. The van der Waals surface area contributed by atoms with Gasteiger partial charge in [-0.15, -0.1) is 0 Å². The molecular formula is C16H25NO4. The highest BCUT2D eigenvalue weighted by atomic mass is 16.5. The van der Waals surface area contributed by atoms with Crippen molar-refractivity contribution in [1.82, 2.24) is 0 Å². The van der Waals surface area contributed by atoms with Crippen molar-refractivity contribution >= 4 is 5.69 Å². The second kappa shape index (κ2) is 8.22. The fourth-order valence-corrected chi connectivity index (χ4v) is 2.39. The van der Waals surface area contributed by atoms with Crippen LogP contribution in [0.4, 0.5) is 5.69 Å². The molecule has 2 atom stereocenters. The Kier molecular flexibility index (Phi) is 6.29. The summed E-state index contributed by atoms with van der Waals surface area (Å²) >= 11 is 0. The number of aliphatic hydroxyl groups is 1. The number of methoxy groups -OCH3 is 1. The SMILES string of the molecule is COc1ccc(NCC(O)COCC2CCCO2)cc1C. The van der Waals surface area contributed by atoms with E-state index in [-0.39, 0.29) is 6.10 Å². The lowest BCUT2D eigenvalue weighted by Gasteiger charge is -2.16. The topological polar surface area (TPSA) is 60.0 Å². The van der Waals surface area contributed by atoms with Crippen LogP contribution in [0, 0.1) is 6.92 Å². The normalized spacial score (nSPS) is 19.5. The van der Waals surface area contributed by atoms with Crippen LogP contribution in [0.3, 0.4) is 0 Å². The van der Waals surface area contributed by atoms with Crippen LogP contribution < -0.4 is 10.1 Å². The highest BCUT2D eigenvalue weighted by Gasteiger charge is 2.16. The third kappa shape index (κ3) is 5.19. The summed E-state index contributed by atoms with van der Waals surface area (Å²) in [6, 6.07) is 5.85. The molecule has 2 unspecified atom stereocenters. The Morgan fingerprint density at radius 3 is 3.00 bits per heavy atom. The summed E-state index contributed by atoms with van der Waals surface area (Å²) in [4.78, 5) is 0. The van der Waals surface area contributed by atoms with Gasteiger partial charge in [0.1, 0.15) is 5.75 Å². The Labute approximate surface area is 126 Å². The van der Waals surface area contributed by atoms with Crippen LogP contribution in [-0.2, 0) is 9.47 Å². The highest BCUT2D eigenvalue weighted by molar-refractivity contribution is 5.50. The van der Waals surface area contributed by atoms with E-state index < -0.39 is 6.10 Å². The van der Waals surface area contributed by atoms with Crippen molar-refractivity contribution in [3.8, 4) is 5.75 Å². The first-order valence-electron chi connectivity index (χ1n) is 7.45. The number of anilines is 1. The number of hydrogen-bond acceptors (Lipinski definition) is 5. The average Bonchev–Trinajstić information content (AvgIpc) is 2.98. The summed E-state index contributed by atoms with van der Waals surface area (Å²) < 4.78 is 16.2. The van der Waals surface area contributed by atoms with Gasteiger partial charge in [-0.25, -0.2) is 0 Å². The quantitative estimate of drug-likeness (QED) is 0.768. The minimum atomic E-state index is -0.534. The second-order valence-electron chi connectivity index (χ2n) is 5.39. The molecule has 1 saturated heterocycles. The minimum absolute atomic E-state index is 0.203. The smallest absolute Gasteiger partial charge is 0.121 e. The predicted molar refractivity (Wildman–Crippen MR) is 82.0 cm³/mol. The Morgan fingerprint density at radius 1 is 1.48 bits per heavy atom. The van der Waals surface area contributed by atoms with Gasteiger partial charge in [0.25, 0.3) is 0 Å². The zero-order chi connectivity index (χ0) is 15.1. The van der Waals surface area contributed by atoms with E-state index in [0.29, 0.717) is 19.8 Å². The van der Waals surface area contributed by atoms with Crippen LogP contribution in [0.2, 0.25) is 0 Å². The van der Waals surface area contributed by atoms with Crippen molar-refractivity contribution in [2.24, 2.45) is 0 Å². The maximum atomic E-state index is 9.90. The third-order valence-electron chi connectivity index (χ3n) is 3.57. The van der Waals surface area contributed by atoms with Gasteiger partial charge in [-0.2, -0.15) is 0 Å². The molecule has 0 bridgehead atoms. The first kappa shape index (κ1) is 16.1. The van der Waals surface area contributed by atoms with Gasteiger partial charge in [0.2, 0.25) is 0 Å². The molecule has 1 aromatic carbocycles. The lowest BCUT2D eigenvalue weighted by molar-refractivity contribution is -0.0137. The molecule has 0 amide bonds. The predicted octanol–water partition coefficient (Wildman–Crippen LogP) is 1.97. The van der Waals surface area contributed by atoms with Gasteiger partial charge >= 0.3 is 0 Å². The summed E-state index contributed by atoms with van der Waals surface area (Å²) in [5, 5.41) is 13.1. The van der Waals surface area contributed by atoms with Crippen LogP contribution in [0.5, 0.6) is 5.75 Å². The van der Waals surface area contributed by atoms with Crippen LogP contribution in [0.15, 0.2) is 18.2 Å². The molecule has 0 aliphatic carbocycles. The van der Waals surface area contributed by atoms with Crippen LogP contribution in [-0.4, -0.2) is 50.8 Å². The summed E-state index contributed by atoms with van der Waals surface area (Å²) in [6.45, 7) is 4.16. The number of nitrogens with one attached hydrogen (secondary N) is 1. The maximum absolute atomic E-state index is 9.90. The first-order chi connectivity index (χ1) is 10.2. The van der Waals surface area contributed by atoms with Gasteiger partial charge in [0, 0.05) is 18.8 Å². The van der Waals surface area contributed by atoms with Gasteiger partial charge in [0.05, 0.1) is 32.5 Å². The number of aliphatic hydroxyl groups excluding tert-OH is 1. The molecule has 1 fully saturated rings. The number of benzene rings is 1. The van der Waals surface area contributed by atoms with Crippen LogP contribution in [0.25, 0.3) is 0 Å². The highest BCUT2D eigenvalue weighted by Crippen LogP contribution is 2.21. The molecule has 0 spiro atoms. The lowest BCUT2D eigenvalue weighted by atomic mass is 10.2. The van der Waals surface area contributed by atoms with Crippen molar-refractivity contribution < 1.29 is 19.3 Å². The minimum Gasteiger partial charge on any atom is -0.496 e. The van der Waals surface area contributed by atoms with E-state index in [2.05, 4.69) is 5.32 Å². The molecule has 5 nitrogen and oxygen atoms in total. The van der Waals surface area contributed by atoms with E-state index in [1.54, 1.807) is 7.11 Å². The third-order valence-corrected chi connectivity index (χ3v) is 3.57. The lowest BCUT2D eigenvalue weighted by Crippen LogP contribution is -2.27. The van der Waals surface area contributed by atoms with E-state index in [1.165, 1.54) is 0 Å². The van der Waals surface area contributed by atoms with Crippen molar-refractivity contribution in [2.75, 3.05) is 38.8 Å². The Hall–Kier alpha value is -1.30. The van der Waals surface area contributed by atoms with Crippen molar-refractivity contribution in [1.29, 1.82) is 0 Å². The van der Waals surface area contributed by atoms with E-state index in [0.717, 1.165) is 36.4 Å². The van der Waals surface area contributed by atoms with E-state index in [9.17, 15) is 5.11 Å². The summed E-state index contributed by atoms with van der Waals surface area (Å²) in [7, 11) is 1.66. The van der Waals surface area contributed by atoms with Gasteiger partial charge < -0.3 is 24.6 Å². The molecule has 1 aliphatic rings. The van der Waals surface area contributed by atoms with Crippen LogP contribution >= 0.6 is 0 Å². The largest absolute Gasteiger partial charge is 0.496 e. The zero-order valence-electron chi connectivity index (χ0n) is 12.8. The number of hydrogen-bond donors (Lipinski definition) is 2. The molecule has 2 rings (SSSR count). The number of ether oxygens (including phenoxy) is 3. The summed E-state index contributed by atoms with van der Waals surface area (Å²) in [5.41, 5.74) is 2.03. The van der Waals surface area contributed by atoms with E-state index in [1.807, 2.05) is 25.1 Å². The Bertz CT molecular complexity index is 432.